The number of carbonyl (C=O) groups is 2. The Morgan fingerprint density at radius 3 is 2.41 bits per heavy atom. The zero-order valence-electron chi connectivity index (χ0n) is 9.44. The predicted octanol–water partition coefficient (Wildman–Crippen LogP) is 1.97. The quantitative estimate of drug-likeness (QED) is 0.873. The number of carbonyl (C=O) groups excluding carboxylic acids is 1. The van der Waals surface area contributed by atoms with E-state index in [1.165, 1.54) is 6.92 Å². The van der Waals surface area contributed by atoms with Crippen molar-refractivity contribution in [3.8, 4) is 0 Å². The fraction of sp³-hybridized carbons (Fsp3) is 0.333. The second kappa shape index (κ2) is 6.39. The molecule has 0 heterocycles. The van der Waals surface area contributed by atoms with Gasteiger partial charge in [0.1, 0.15) is 6.04 Å². The normalized spacial score (nSPS) is 11.9. The van der Waals surface area contributed by atoms with Gasteiger partial charge in [0.2, 0.25) is 5.91 Å². The van der Waals surface area contributed by atoms with Gasteiger partial charge in [-0.25, -0.2) is 4.79 Å². The second-order valence-corrected chi connectivity index (χ2v) is 4.67. The Kier molecular flexibility index (Phi) is 5.15. The fourth-order valence-electron chi connectivity index (χ4n) is 1.46. The fourth-order valence-corrected chi connectivity index (χ4v) is 1.73. The van der Waals surface area contributed by atoms with Gasteiger partial charge in [0.15, 0.2) is 0 Å². The van der Waals surface area contributed by atoms with Crippen LogP contribution in [0.2, 0.25) is 0 Å². The summed E-state index contributed by atoms with van der Waals surface area (Å²) in [7, 11) is 0. The van der Waals surface area contributed by atoms with E-state index in [1.807, 2.05) is 24.3 Å². The molecule has 0 bridgehead atoms. The Bertz CT molecular complexity index is 403. The van der Waals surface area contributed by atoms with Gasteiger partial charge in [0.05, 0.1) is 0 Å². The molecule has 0 unspecified atom stereocenters. The van der Waals surface area contributed by atoms with E-state index in [1.54, 1.807) is 0 Å². The van der Waals surface area contributed by atoms with Crippen molar-refractivity contribution in [1.29, 1.82) is 0 Å². The molecule has 1 aromatic carbocycles. The van der Waals surface area contributed by atoms with Gasteiger partial charge < -0.3 is 10.4 Å². The number of carboxylic acids is 1. The molecule has 1 rings (SSSR count). The SMILES string of the molecule is CC(=O)N[C@H](CCc1ccc(Br)cc1)C(=O)O. The van der Waals surface area contributed by atoms with E-state index in [0.29, 0.717) is 12.8 Å². The lowest BCUT2D eigenvalue weighted by Gasteiger charge is -2.12. The van der Waals surface area contributed by atoms with E-state index >= 15 is 0 Å². The molecule has 0 saturated carbocycles. The third-order valence-corrected chi connectivity index (χ3v) is 2.84. The first-order valence-corrected chi connectivity index (χ1v) is 6.02. The smallest absolute Gasteiger partial charge is 0.326 e. The van der Waals surface area contributed by atoms with Crippen LogP contribution >= 0.6 is 15.9 Å². The maximum Gasteiger partial charge on any atom is 0.326 e. The van der Waals surface area contributed by atoms with Gasteiger partial charge in [-0.1, -0.05) is 28.1 Å². The Balaban J connectivity index is 2.54. The first-order valence-electron chi connectivity index (χ1n) is 5.23. The molecule has 0 radical (unpaired) electrons. The van der Waals surface area contributed by atoms with Crippen LogP contribution in [0.5, 0.6) is 0 Å². The molecule has 5 heteroatoms. The van der Waals surface area contributed by atoms with Gasteiger partial charge in [-0.2, -0.15) is 0 Å². The second-order valence-electron chi connectivity index (χ2n) is 3.76. The van der Waals surface area contributed by atoms with Crippen molar-refractivity contribution >= 4 is 27.8 Å². The minimum atomic E-state index is -1.00. The molecule has 1 atom stereocenters. The van der Waals surface area contributed by atoms with Crippen LogP contribution in [0.25, 0.3) is 0 Å². The summed E-state index contributed by atoms with van der Waals surface area (Å²) < 4.78 is 0.984. The lowest BCUT2D eigenvalue weighted by molar-refractivity contribution is -0.141. The van der Waals surface area contributed by atoms with Crippen LogP contribution in [-0.2, 0) is 16.0 Å². The molecule has 0 aliphatic heterocycles. The number of amides is 1. The maximum absolute atomic E-state index is 10.9. The number of carboxylic acid groups (broad SMARTS) is 1. The molecule has 0 fully saturated rings. The van der Waals surface area contributed by atoms with Crippen LogP contribution < -0.4 is 5.32 Å². The molecular formula is C12H14BrNO3. The lowest BCUT2D eigenvalue weighted by Crippen LogP contribution is -2.39. The van der Waals surface area contributed by atoms with E-state index in [0.717, 1.165) is 10.0 Å². The topological polar surface area (TPSA) is 66.4 Å². The highest BCUT2D eigenvalue weighted by molar-refractivity contribution is 9.10. The van der Waals surface area contributed by atoms with Gasteiger partial charge in [-0.3, -0.25) is 4.79 Å². The first-order chi connectivity index (χ1) is 7.99. The first kappa shape index (κ1) is 13.7. The zero-order chi connectivity index (χ0) is 12.8. The summed E-state index contributed by atoms with van der Waals surface area (Å²) >= 11 is 3.33. The molecule has 1 amide bonds. The molecule has 4 nitrogen and oxygen atoms in total. The summed E-state index contributed by atoms with van der Waals surface area (Å²) in [6, 6.07) is 6.84. The van der Waals surface area contributed by atoms with Gasteiger partial charge in [-0.05, 0) is 30.5 Å². The molecule has 0 aliphatic carbocycles. The molecule has 1 aromatic rings. The number of halogens is 1. The Morgan fingerprint density at radius 1 is 1.35 bits per heavy atom. The van der Waals surface area contributed by atoms with Crippen molar-refractivity contribution < 1.29 is 14.7 Å². The van der Waals surface area contributed by atoms with Crippen LogP contribution in [0.4, 0.5) is 0 Å². The van der Waals surface area contributed by atoms with Crippen LogP contribution in [0, 0.1) is 0 Å². The Hall–Kier alpha value is -1.36. The summed E-state index contributed by atoms with van der Waals surface area (Å²) in [5.41, 5.74) is 1.05. The summed E-state index contributed by atoms with van der Waals surface area (Å²) in [4.78, 5) is 21.7. The zero-order valence-corrected chi connectivity index (χ0v) is 11.0. The molecular weight excluding hydrogens is 286 g/mol. The highest BCUT2D eigenvalue weighted by Crippen LogP contribution is 2.12. The third kappa shape index (κ3) is 4.99. The van der Waals surface area contributed by atoms with Crippen LogP contribution in [0.15, 0.2) is 28.7 Å². The van der Waals surface area contributed by atoms with E-state index in [9.17, 15) is 9.59 Å². The molecule has 2 N–H and O–H groups in total. The minimum Gasteiger partial charge on any atom is -0.480 e. The van der Waals surface area contributed by atoms with E-state index in [2.05, 4.69) is 21.2 Å². The summed E-state index contributed by atoms with van der Waals surface area (Å²) in [6.07, 6.45) is 1.00. The molecule has 0 aromatic heterocycles. The average Bonchev–Trinajstić information content (AvgIpc) is 2.25. The van der Waals surface area contributed by atoms with Crippen molar-refractivity contribution in [2.45, 2.75) is 25.8 Å². The minimum absolute atomic E-state index is 0.326. The maximum atomic E-state index is 10.9. The summed E-state index contributed by atoms with van der Waals surface area (Å²) in [6.45, 7) is 1.32. The monoisotopic (exact) mass is 299 g/mol. The van der Waals surface area contributed by atoms with Gasteiger partial charge in [0.25, 0.3) is 0 Å². The van der Waals surface area contributed by atoms with Crippen molar-refractivity contribution in [3.05, 3.63) is 34.3 Å². The summed E-state index contributed by atoms with van der Waals surface area (Å²) in [5.74, 6) is -1.33. The van der Waals surface area contributed by atoms with Crippen LogP contribution in [-0.4, -0.2) is 23.0 Å². The number of rotatable bonds is 5. The van der Waals surface area contributed by atoms with Crippen LogP contribution in [0.3, 0.4) is 0 Å². The van der Waals surface area contributed by atoms with Gasteiger partial charge >= 0.3 is 5.97 Å². The standard InChI is InChI=1S/C12H14BrNO3/c1-8(15)14-11(12(16)17)7-4-9-2-5-10(13)6-3-9/h2-3,5-6,11H,4,7H2,1H3,(H,14,15)(H,16,17)/t11-/m1/s1. The van der Waals surface area contributed by atoms with E-state index < -0.39 is 12.0 Å². The number of nitrogens with one attached hydrogen (secondary N) is 1. The molecule has 17 heavy (non-hydrogen) atoms. The average molecular weight is 300 g/mol. The van der Waals surface area contributed by atoms with Crippen molar-refractivity contribution in [2.24, 2.45) is 0 Å². The van der Waals surface area contributed by atoms with Crippen LogP contribution in [0.1, 0.15) is 18.9 Å². The molecule has 0 spiro atoms. The van der Waals surface area contributed by atoms with Crippen molar-refractivity contribution in [2.75, 3.05) is 0 Å². The molecule has 0 aliphatic rings. The van der Waals surface area contributed by atoms with Crippen molar-refractivity contribution in [1.82, 2.24) is 5.32 Å². The number of aliphatic carboxylic acids is 1. The largest absolute Gasteiger partial charge is 0.480 e. The van der Waals surface area contributed by atoms with Crippen molar-refractivity contribution in [3.63, 3.8) is 0 Å². The number of benzene rings is 1. The number of hydrogen-bond acceptors (Lipinski definition) is 2. The number of hydrogen-bond donors (Lipinski definition) is 2. The van der Waals surface area contributed by atoms with E-state index in [-0.39, 0.29) is 5.91 Å². The highest BCUT2D eigenvalue weighted by Gasteiger charge is 2.17. The Morgan fingerprint density at radius 2 is 1.94 bits per heavy atom. The predicted molar refractivity (Wildman–Crippen MR) is 67.7 cm³/mol. The number of aryl methyl sites for hydroxylation is 1. The van der Waals surface area contributed by atoms with Gasteiger partial charge in [0, 0.05) is 11.4 Å². The lowest BCUT2D eigenvalue weighted by atomic mass is 10.1. The molecule has 92 valence electrons. The Labute approximate surface area is 108 Å². The third-order valence-electron chi connectivity index (χ3n) is 2.31. The van der Waals surface area contributed by atoms with Gasteiger partial charge in [-0.15, -0.1) is 0 Å². The summed E-state index contributed by atoms with van der Waals surface area (Å²) in [5, 5.41) is 11.3. The molecule has 0 saturated heterocycles. The highest BCUT2D eigenvalue weighted by atomic mass is 79.9. The van der Waals surface area contributed by atoms with E-state index in [4.69, 9.17) is 5.11 Å².